The minimum Gasteiger partial charge on any atom is -0.425 e. The van der Waals surface area contributed by atoms with Crippen LogP contribution in [0.5, 0.6) is 5.75 Å². The standard InChI is InChI=1S/C15H13NO2/c17-15(18-14-9-5-2-6-10-14)12-16-11-13-7-3-1-4-8-13/h1-11H,12H2. The topological polar surface area (TPSA) is 38.7 Å². The molecule has 3 nitrogen and oxygen atoms in total. The van der Waals surface area contributed by atoms with Gasteiger partial charge in [0.25, 0.3) is 0 Å². The summed E-state index contributed by atoms with van der Waals surface area (Å²) in [5.41, 5.74) is 0.963. The third-order valence-corrected chi connectivity index (χ3v) is 2.24. The Bertz CT molecular complexity index is 521. The third kappa shape index (κ3) is 3.87. The zero-order valence-corrected chi connectivity index (χ0v) is 9.82. The maximum atomic E-state index is 11.5. The Labute approximate surface area is 106 Å². The number of hydrogen-bond acceptors (Lipinski definition) is 3. The van der Waals surface area contributed by atoms with E-state index >= 15 is 0 Å². The molecule has 0 aliphatic rings. The molecule has 2 aromatic rings. The Hall–Kier alpha value is -2.42. The Morgan fingerprint density at radius 3 is 2.28 bits per heavy atom. The van der Waals surface area contributed by atoms with Crippen LogP contribution in [0.3, 0.4) is 0 Å². The lowest BCUT2D eigenvalue weighted by Gasteiger charge is -2.00. The molecule has 90 valence electrons. The summed E-state index contributed by atoms with van der Waals surface area (Å²) in [6, 6.07) is 18.6. The summed E-state index contributed by atoms with van der Waals surface area (Å²) in [7, 11) is 0. The van der Waals surface area contributed by atoms with Crippen molar-refractivity contribution in [3.8, 4) is 5.75 Å². The summed E-state index contributed by atoms with van der Waals surface area (Å²) in [6.45, 7) is 0.0176. The fourth-order valence-corrected chi connectivity index (χ4v) is 1.42. The average Bonchev–Trinajstić information content (AvgIpc) is 2.41. The molecule has 0 aliphatic heterocycles. The summed E-state index contributed by atoms with van der Waals surface area (Å²) in [5, 5.41) is 0. The number of carbonyl (C=O) groups is 1. The first kappa shape index (κ1) is 12.0. The van der Waals surface area contributed by atoms with Gasteiger partial charge in [0.05, 0.1) is 0 Å². The Morgan fingerprint density at radius 2 is 1.61 bits per heavy atom. The van der Waals surface area contributed by atoms with Gasteiger partial charge in [0, 0.05) is 6.21 Å². The third-order valence-electron chi connectivity index (χ3n) is 2.24. The van der Waals surface area contributed by atoms with Crippen LogP contribution in [0.25, 0.3) is 0 Å². The highest BCUT2D eigenvalue weighted by molar-refractivity contribution is 5.82. The van der Waals surface area contributed by atoms with Crippen LogP contribution in [0.4, 0.5) is 0 Å². The largest absolute Gasteiger partial charge is 0.425 e. The number of hydrogen-bond donors (Lipinski definition) is 0. The monoisotopic (exact) mass is 239 g/mol. The molecule has 0 heterocycles. The molecule has 0 radical (unpaired) electrons. The van der Waals surface area contributed by atoms with Crippen LogP contribution in [-0.2, 0) is 4.79 Å². The van der Waals surface area contributed by atoms with E-state index in [2.05, 4.69) is 4.99 Å². The number of esters is 1. The van der Waals surface area contributed by atoms with Crippen molar-refractivity contribution in [3.05, 3.63) is 66.2 Å². The van der Waals surface area contributed by atoms with E-state index in [-0.39, 0.29) is 12.5 Å². The molecule has 2 rings (SSSR count). The SMILES string of the molecule is O=C(CN=Cc1ccccc1)Oc1ccccc1. The summed E-state index contributed by atoms with van der Waals surface area (Å²) < 4.78 is 5.10. The molecule has 0 amide bonds. The summed E-state index contributed by atoms with van der Waals surface area (Å²) in [4.78, 5) is 15.5. The summed E-state index contributed by atoms with van der Waals surface area (Å²) in [5.74, 6) is 0.172. The molecule has 0 unspecified atom stereocenters. The van der Waals surface area contributed by atoms with Gasteiger partial charge < -0.3 is 4.74 Å². The number of aliphatic imine (C=N–C) groups is 1. The van der Waals surface area contributed by atoms with Crippen molar-refractivity contribution in [2.45, 2.75) is 0 Å². The van der Waals surface area contributed by atoms with Crippen molar-refractivity contribution in [3.63, 3.8) is 0 Å². The first-order valence-electron chi connectivity index (χ1n) is 5.65. The van der Waals surface area contributed by atoms with E-state index in [1.165, 1.54) is 0 Å². The predicted octanol–water partition coefficient (Wildman–Crippen LogP) is 2.71. The maximum Gasteiger partial charge on any atom is 0.333 e. The Kier molecular flexibility index (Phi) is 4.25. The van der Waals surface area contributed by atoms with E-state index in [9.17, 15) is 4.79 Å². The van der Waals surface area contributed by atoms with Gasteiger partial charge in [-0.1, -0.05) is 48.5 Å². The van der Waals surface area contributed by atoms with Crippen LogP contribution in [0.15, 0.2) is 65.7 Å². The number of carbonyl (C=O) groups excluding carboxylic acids is 1. The van der Waals surface area contributed by atoms with Crippen LogP contribution < -0.4 is 4.74 Å². The fourth-order valence-electron chi connectivity index (χ4n) is 1.42. The van der Waals surface area contributed by atoms with Crippen molar-refractivity contribution >= 4 is 12.2 Å². The summed E-state index contributed by atoms with van der Waals surface area (Å²) in [6.07, 6.45) is 1.66. The second-order valence-electron chi connectivity index (χ2n) is 3.67. The van der Waals surface area contributed by atoms with Crippen LogP contribution in [-0.4, -0.2) is 18.7 Å². The van der Waals surface area contributed by atoms with Crippen molar-refractivity contribution in [1.29, 1.82) is 0 Å². The summed E-state index contributed by atoms with van der Waals surface area (Å²) >= 11 is 0. The Balaban J connectivity index is 1.84. The molecule has 0 atom stereocenters. The average molecular weight is 239 g/mol. The molecular formula is C15H13NO2. The van der Waals surface area contributed by atoms with Crippen molar-refractivity contribution in [1.82, 2.24) is 0 Å². The van der Waals surface area contributed by atoms with Gasteiger partial charge >= 0.3 is 5.97 Å². The van der Waals surface area contributed by atoms with E-state index in [1.54, 1.807) is 18.3 Å². The lowest BCUT2D eigenvalue weighted by atomic mass is 10.2. The first-order chi connectivity index (χ1) is 8.84. The van der Waals surface area contributed by atoms with E-state index in [0.29, 0.717) is 5.75 Å². The normalized spacial score (nSPS) is 10.4. The second kappa shape index (κ2) is 6.35. The van der Waals surface area contributed by atoms with E-state index in [0.717, 1.165) is 5.56 Å². The molecule has 0 bridgehead atoms. The van der Waals surface area contributed by atoms with Crippen molar-refractivity contribution < 1.29 is 9.53 Å². The highest BCUT2D eigenvalue weighted by atomic mass is 16.5. The quantitative estimate of drug-likeness (QED) is 0.467. The predicted molar refractivity (Wildman–Crippen MR) is 71.0 cm³/mol. The lowest BCUT2D eigenvalue weighted by Crippen LogP contribution is -2.11. The van der Waals surface area contributed by atoms with Crippen LogP contribution >= 0.6 is 0 Å². The molecule has 18 heavy (non-hydrogen) atoms. The van der Waals surface area contributed by atoms with E-state index in [1.807, 2.05) is 48.5 Å². The van der Waals surface area contributed by atoms with Gasteiger partial charge in [-0.15, -0.1) is 0 Å². The van der Waals surface area contributed by atoms with Gasteiger partial charge in [0.1, 0.15) is 12.3 Å². The highest BCUT2D eigenvalue weighted by Gasteiger charge is 2.01. The molecule has 3 heteroatoms. The number of rotatable bonds is 4. The number of nitrogens with zero attached hydrogens (tertiary/aromatic N) is 1. The number of ether oxygens (including phenoxy) is 1. The zero-order chi connectivity index (χ0) is 12.6. The molecule has 0 fully saturated rings. The molecular weight excluding hydrogens is 226 g/mol. The van der Waals surface area contributed by atoms with Gasteiger partial charge in [-0.3, -0.25) is 4.99 Å². The molecule has 0 aliphatic carbocycles. The number of benzene rings is 2. The smallest absolute Gasteiger partial charge is 0.333 e. The van der Waals surface area contributed by atoms with Crippen LogP contribution in [0.2, 0.25) is 0 Å². The van der Waals surface area contributed by atoms with Gasteiger partial charge in [-0.25, -0.2) is 4.79 Å². The van der Waals surface area contributed by atoms with E-state index < -0.39 is 0 Å². The Morgan fingerprint density at radius 1 is 1.00 bits per heavy atom. The molecule has 2 aromatic carbocycles. The highest BCUT2D eigenvalue weighted by Crippen LogP contribution is 2.08. The maximum absolute atomic E-state index is 11.5. The zero-order valence-electron chi connectivity index (χ0n) is 9.82. The van der Waals surface area contributed by atoms with Gasteiger partial charge in [0.2, 0.25) is 0 Å². The van der Waals surface area contributed by atoms with Gasteiger partial charge in [-0.2, -0.15) is 0 Å². The fraction of sp³-hybridized carbons (Fsp3) is 0.0667. The second-order valence-corrected chi connectivity index (χ2v) is 3.67. The minimum atomic E-state index is -0.367. The van der Waals surface area contributed by atoms with E-state index in [4.69, 9.17) is 4.74 Å². The van der Waals surface area contributed by atoms with Crippen LogP contribution in [0.1, 0.15) is 5.56 Å². The molecule has 0 saturated heterocycles. The van der Waals surface area contributed by atoms with Crippen LogP contribution in [0, 0.1) is 0 Å². The molecule has 0 N–H and O–H groups in total. The number of para-hydroxylation sites is 1. The minimum absolute atomic E-state index is 0.0176. The molecule has 0 spiro atoms. The molecule has 0 aromatic heterocycles. The molecule has 0 saturated carbocycles. The van der Waals surface area contributed by atoms with Crippen molar-refractivity contribution in [2.75, 3.05) is 6.54 Å². The lowest BCUT2D eigenvalue weighted by molar-refractivity contribution is -0.132. The first-order valence-corrected chi connectivity index (χ1v) is 5.65. The van der Waals surface area contributed by atoms with Gasteiger partial charge in [-0.05, 0) is 17.7 Å². The van der Waals surface area contributed by atoms with Crippen molar-refractivity contribution in [2.24, 2.45) is 4.99 Å². The van der Waals surface area contributed by atoms with Gasteiger partial charge in [0.15, 0.2) is 0 Å².